The predicted octanol–water partition coefficient (Wildman–Crippen LogP) is 3.34. The maximum atomic E-state index is 13.7. The van der Waals surface area contributed by atoms with Gasteiger partial charge in [-0.1, -0.05) is 23.7 Å². The fourth-order valence-electron chi connectivity index (χ4n) is 1.77. The van der Waals surface area contributed by atoms with Crippen LogP contribution in [0.15, 0.2) is 36.4 Å². The van der Waals surface area contributed by atoms with Crippen molar-refractivity contribution in [1.82, 2.24) is 5.43 Å². The standard InChI is InChI=1S/C14H12ClF3N2O/c15-8-2-1-3-9(6-8)21-7-12(20-19)10-4-5-11(16)14(18)13(10)17/h1-6,12,20H,7,19H2. The van der Waals surface area contributed by atoms with E-state index in [1.165, 1.54) is 0 Å². The van der Waals surface area contributed by atoms with Crippen LogP contribution in [0.4, 0.5) is 13.2 Å². The number of hydrogen-bond donors (Lipinski definition) is 2. The number of hydrazine groups is 1. The van der Waals surface area contributed by atoms with Crippen LogP contribution in [0, 0.1) is 17.5 Å². The first-order valence-corrected chi connectivity index (χ1v) is 6.38. The van der Waals surface area contributed by atoms with Gasteiger partial charge in [-0.2, -0.15) is 0 Å². The van der Waals surface area contributed by atoms with Gasteiger partial charge in [0.15, 0.2) is 17.5 Å². The van der Waals surface area contributed by atoms with Crippen LogP contribution >= 0.6 is 11.6 Å². The third kappa shape index (κ3) is 3.66. The first kappa shape index (κ1) is 15.6. The Morgan fingerprint density at radius 1 is 1.14 bits per heavy atom. The molecule has 0 spiro atoms. The lowest BCUT2D eigenvalue weighted by atomic mass is 10.1. The van der Waals surface area contributed by atoms with Crippen LogP contribution < -0.4 is 16.0 Å². The zero-order valence-electron chi connectivity index (χ0n) is 10.7. The number of nitrogens with two attached hydrogens (primary N) is 1. The zero-order valence-corrected chi connectivity index (χ0v) is 11.5. The van der Waals surface area contributed by atoms with Crippen molar-refractivity contribution in [3.05, 3.63) is 64.4 Å². The third-order valence-corrected chi connectivity index (χ3v) is 3.09. The van der Waals surface area contributed by atoms with Gasteiger partial charge in [-0.05, 0) is 24.3 Å². The molecule has 0 radical (unpaired) electrons. The summed E-state index contributed by atoms with van der Waals surface area (Å²) in [5, 5.41) is 0.476. The van der Waals surface area contributed by atoms with Gasteiger partial charge in [0.2, 0.25) is 0 Å². The zero-order chi connectivity index (χ0) is 15.4. The normalized spacial score (nSPS) is 12.2. The molecule has 2 rings (SSSR count). The van der Waals surface area contributed by atoms with Gasteiger partial charge in [0.05, 0.1) is 6.04 Å². The van der Waals surface area contributed by atoms with Crippen molar-refractivity contribution in [2.24, 2.45) is 5.84 Å². The highest BCUT2D eigenvalue weighted by Gasteiger charge is 2.20. The van der Waals surface area contributed by atoms with Gasteiger partial charge in [0.1, 0.15) is 12.4 Å². The summed E-state index contributed by atoms with van der Waals surface area (Å²) in [6, 6.07) is 7.66. The number of nitrogens with one attached hydrogen (secondary N) is 1. The maximum Gasteiger partial charge on any atom is 0.194 e. The molecule has 0 amide bonds. The van der Waals surface area contributed by atoms with Crippen LogP contribution in [-0.4, -0.2) is 6.61 Å². The Balaban J connectivity index is 2.15. The third-order valence-electron chi connectivity index (χ3n) is 2.85. The minimum absolute atomic E-state index is 0.0845. The first-order valence-electron chi connectivity index (χ1n) is 6.01. The van der Waals surface area contributed by atoms with Crippen LogP contribution in [0.3, 0.4) is 0 Å². The lowest BCUT2D eigenvalue weighted by Crippen LogP contribution is -2.33. The molecular formula is C14H12ClF3N2O. The molecule has 1 atom stereocenters. The molecular weight excluding hydrogens is 305 g/mol. The molecule has 0 bridgehead atoms. The van der Waals surface area contributed by atoms with Gasteiger partial charge >= 0.3 is 0 Å². The van der Waals surface area contributed by atoms with E-state index in [2.05, 4.69) is 5.43 Å². The number of ether oxygens (including phenoxy) is 1. The number of hydrogen-bond acceptors (Lipinski definition) is 3. The number of benzene rings is 2. The van der Waals surface area contributed by atoms with Crippen molar-refractivity contribution in [3.63, 3.8) is 0 Å². The molecule has 0 aliphatic rings. The largest absolute Gasteiger partial charge is 0.491 e. The summed E-state index contributed by atoms with van der Waals surface area (Å²) in [7, 11) is 0. The van der Waals surface area contributed by atoms with E-state index in [1.54, 1.807) is 24.3 Å². The van der Waals surface area contributed by atoms with Gasteiger partial charge in [0.25, 0.3) is 0 Å². The molecule has 2 aromatic rings. The maximum absolute atomic E-state index is 13.7. The Labute approximate surface area is 124 Å². The van der Waals surface area contributed by atoms with Crippen molar-refractivity contribution in [3.8, 4) is 5.75 Å². The highest BCUT2D eigenvalue weighted by Crippen LogP contribution is 2.23. The molecule has 0 saturated heterocycles. The van der Waals surface area contributed by atoms with Crippen molar-refractivity contribution >= 4 is 11.6 Å². The molecule has 3 nitrogen and oxygen atoms in total. The van der Waals surface area contributed by atoms with Gasteiger partial charge in [-0.15, -0.1) is 0 Å². The smallest absolute Gasteiger partial charge is 0.194 e. The first-order chi connectivity index (χ1) is 10.0. The van der Waals surface area contributed by atoms with E-state index in [0.717, 1.165) is 12.1 Å². The van der Waals surface area contributed by atoms with Crippen LogP contribution in [0.25, 0.3) is 0 Å². The quantitative estimate of drug-likeness (QED) is 0.505. The Morgan fingerprint density at radius 3 is 2.57 bits per heavy atom. The molecule has 112 valence electrons. The molecule has 0 saturated carbocycles. The summed E-state index contributed by atoms with van der Waals surface area (Å²) in [6.45, 7) is -0.0845. The summed E-state index contributed by atoms with van der Waals surface area (Å²) in [4.78, 5) is 0. The van der Waals surface area contributed by atoms with E-state index in [-0.39, 0.29) is 12.2 Å². The fourth-order valence-corrected chi connectivity index (χ4v) is 1.95. The molecule has 0 aromatic heterocycles. The molecule has 21 heavy (non-hydrogen) atoms. The van der Waals surface area contributed by atoms with Crippen molar-refractivity contribution in [1.29, 1.82) is 0 Å². The van der Waals surface area contributed by atoms with Crippen molar-refractivity contribution in [2.45, 2.75) is 6.04 Å². The minimum atomic E-state index is -1.55. The van der Waals surface area contributed by atoms with E-state index >= 15 is 0 Å². The molecule has 2 aromatic carbocycles. The molecule has 3 N–H and O–H groups in total. The Bertz CT molecular complexity index is 640. The van der Waals surface area contributed by atoms with E-state index in [9.17, 15) is 13.2 Å². The highest BCUT2D eigenvalue weighted by atomic mass is 35.5. The molecule has 0 aliphatic carbocycles. The minimum Gasteiger partial charge on any atom is -0.491 e. The monoisotopic (exact) mass is 316 g/mol. The second-order valence-electron chi connectivity index (χ2n) is 4.25. The van der Waals surface area contributed by atoms with Gasteiger partial charge in [-0.25, -0.2) is 18.6 Å². The van der Waals surface area contributed by atoms with Gasteiger partial charge in [-0.3, -0.25) is 5.84 Å². The highest BCUT2D eigenvalue weighted by molar-refractivity contribution is 6.30. The van der Waals surface area contributed by atoms with E-state index < -0.39 is 23.5 Å². The average molecular weight is 317 g/mol. The summed E-state index contributed by atoms with van der Waals surface area (Å²) < 4.78 is 45.2. The Morgan fingerprint density at radius 2 is 1.90 bits per heavy atom. The van der Waals surface area contributed by atoms with E-state index in [4.69, 9.17) is 22.2 Å². The van der Waals surface area contributed by atoms with Crippen LogP contribution in [0.2, 0.25) is 5.02 Å². The lowest BCUT2D eigenvalue weighted by Gasteiger charge is -2.18. The fraction of sp³-hybridized carbons (Fsp3) is 0.143. The van der Waals surface area contributed by atoms with E-state index in [0.29, 0.717) is 10.8 Å². The SMILES string of the molecule is NNC(COc1cccc(Cl)c1)c1ccc(F)c(F)c1F. The number of rotatable bonds is 5. The van der Waals surface area contributed by atoms with Gasteiger partial charge in [0, 0.05) is 10.6 Å². The van der Waals surface area contributed by atoms with Crippen molar-refractivity contribution in [2.75, 3.05) is 6.61 Å². The number of halogens is 4. The second kappa shape index (κ2) is 6.80. The summed E-state index contributed by atoms with van der Waals surface area (Å²) in [5.74, 6) is 1.66. The van der Waals surface area contributed by atoms with Crippen molar-refractivity contribution < 1.29 is 17.9 Å². The van der Waals surface area contributed by atoms with Gasteiger partial charge < -0.3 is 4.74 Å². The van der Waals surface area contributed by atoms with Crippen LogP contribution in [0.5, 0.6) is 5.75 Å². The Kier molecular flexibility index (Phi) is 5.06. The molecule has 7 heteroatoms. The van der Waals surface area contributed by atoms with Crippen LogP contribution in [-0.2, 0) is 0 Å². The summed E-state index contributed by atoms with van der Waals surface area (Å²) in [6.07, 6.45) is 0. The van der Waals surface area contributed by atoms with E-state index in [1.807, 2.05) is 0 Å². The molecule has 0 aliphatic heterocycles. The predicted molar refractivity (Wildman–Crippen MR) is 73.3 cm³/mol. The summed E-state index contributed by atoms with van der Waals surface area (Å²) >= 11 is 5.80. The average Bonchev–Trinajstić information content (AvgIpc) is 2.47. The lowest BCUT2D eigenvalue weighted by molar-refractivity contribution is 0.262. The molecule has 0 heterocycles. The topological polar surface area (TPSA) is 47.3 Å². The Hall–Kier alpha value is -1.76. The summed E-state index contributed by atoms with van der Waals surface area (Å²) in [5.41, 5.74) is 2.18. The second-order valence-corrected chi connectivity index (χ2v) is 4.69. The van der Waals surface area contributed by atoms with Crippen LogP contribution in [0.1, 0.15) is 11.6 Å². The molecule has 1 unspecified atom stereocenters. The molecule has 0 fully saturated rings.